The third-order valence-corrected chi connectivity index (χ3v) is 4.05. The molecule has 0 bridgehead atoms. The first-order chi connectivity index (χ1) is 9.46. The summed E-state index contributed by atoms with van der Waals surface area (Å²) in [5.41, 5.74) is 0.664. The number of hydrogen-bond acceptors (Lipinski definition) is 4. The lowest BCUT2D eigenvalue weighted by Crippen LogP contribution is -2.53. The molecule has 2 heterocycles. The summed E-state index contributed by atoms with van der Waals surface area (Å²) >= 11 is 0. The number of rotatable bonds is 3. The molecule has 1 aromatic heterocycles. The molecule has 1 aromatic rings. The zero-order valence-corrected chi connectivity index (χ0v) is 12.0. The van der Waals surface area contributed by atoms with Gasteiger partial charge in [0.1, 0.15) is 6.20 Å². The predicted octanol–water partition coefficient (Wildman–Crippen LogP) is 0.516. The van der Waals surface area contributed by atoms with E-state index >= 15 is 0 Å². The van der Waals surface area contributed by atoms with Crippen LogP contribution in [0.4, 0.5) is 4.79 Å². The zero-order valence-electron chi connectivity index (χ0n) is 11.2. The van der Waals surface area contributed by atoms with E-state index in [0.29, 0.717) is 5.56 Å². The number of amides is 1. The Morgan fingerprint density at radius 3 is 2.65 bits per heavy atom. The van der Waals surface area contributed by atoms with E-state index in [-0.39, 0.29) is 12.5 Å². The Morgan fingerprint density at radius 2 is 2.00 bits per heavy atom. The highest BCUT2D eigenvalue weighted by Crippen LogP contribution is 2.08. The Balaban J connectivity index is 2.06. The van der Waals surface area contributed by atoms with Crippen LogP contribution >= 0.6 is 0 Å². The molecule has 1 amide bonds. The van der Waals surface area contributed by atoms with Crippen molar-refractivity contribution >= 4 is 16.1 Å². The summed E-state index contributed by atoms with van der Waals surface area (Å²) in [5, 5.41) is 0. The number of aromatic nitrogens is 1. The highest BCUT2D eigenvalue weighted by atomic mass is 32.2. The zero-order chi connectivity index (χ0) is 14.6. The van der Waals surface area contributed by atoms with Crippen LogP contribution in [0.15, 0.2) is 24.5 Å². The van der Waals surface area contributed by atoms with Gasteiger partial charge >= 0.3 is 6.03 Å². The molecule has 1 fully saturated rings. The van der Waals surface area contributed by atoms with Crippen LogP contribution in [0, 0.1) is 0 Å². The van der Waals surface area contributed by atoms with E-state index < -0.39 is 15.9 Å². The topological polar surface area (TPSA) is 81.4 Å². The van der Waals surface area contributed by atoms with Gasteiger partial charge < -0.3 is 4.55 Å². The van der Waals surface area contributed by atoms with Gasteiger partial charge in [-0.15, -0.1) is 0 Å². The highest BCUT2D eigenvalue weighted by molar-refractivity contribution is 7.85. The van der Waals surface area contributed by atoms with Crippen molar-refractivity contribution in [2.75, 3.05) is 18.8 Å². The van der Waals surface area contributed by atoms with E-state index in [4.69, 9.17) is 0 Å². The van der Waals surface area contributed by atoms with Crippen LogP contribution in [0.25, 0.3) is 0 Å². The van der Waals surface area contributed by atoms with Crippen LogP contribution in [0.1, 0.15) is 24.8 Å². The fourth-order valence-corrected chi connectivity index (χ4v) is 2.77. The number of piperidine rings is 1. The molecule has 0 unspecified atom stereocenters. The largest absolute Gasteiger partial charge is 0.748 e. The van der Waals surface area contributed by atoms with Gasteiger partial charge in [-0.25, -0.2) is 13.3 Å². The molecular weight excluding hydrogens is 280 g/mol. The summed E-state index contributed by atoms with van der Waals surface area (Å²) < 4.78 is 33.4. The fraction of sp³-hybridized carbons (Fsp3) is 0.538. The average molecular weight is 298 g/mol. The van der Waals surface area contributed by atoms with E-state index in [9.17, 15) is 17.8 Å². The number of nitrogens with zero attached hydrogens (tertiary/aromatic N) is 2. The van der Waals surface area contributed by atoms with E-state index in [1.807, 2.05) is 0 Å². The normalized spacial score (nSPS) is 16.1. The van der Waals surface area contributed by atoms with Crippen molar-refractivity contribution in [3.05, 3.63) is 30.1 Å². The van der Waals surface area contributed by atoms with E-state index in [2.05, 4.69) is 0 Å². The van der Waals surface area contributed by atoms with Crippen LogP contribution in [0.5, 0.6) is 0 Å². The Kier molecular flexibility index (Phi) is 4.72. The molecule has 0 aromatic carbocycles. The van der Waals surface area contributed by atoms with Gasteiger partial charge in [0.2, 0.25) is 0 Å². The molecule has 0 saturated carbocycles. The maximum absolute atomic E-state index is 12.3. The predicted molar refractivity (Wildman–Crippen MR) is 71.1 cm³/mol. The van der Waals surface area contributed by atoms with Gasteiger partial charge in [-0.05, 0) is 37.3 Å². The monoisotopic (exact) mass is 298 g/mol. The summed E-state index contributed by atoms with van der Waals surface area (Å²) in [7, 11) is -4.23. The Hall–Kier alpha value is -1.47. The van der Waals surface area contributed by atoms with Gasteiger partial charge in [-0.2, -0.15) is 9.36 Å². The Morgan fingerprint density at radius 1 is 1.30 bits per heavy atom. The number of carbonyl (C=O) groups is 1. The average Bonchev–Trinajstić information content (AvgIpc) is 2.45. The first-order valence-corrected chi connectivity index (χ1v) is 8.26. The molecule has 1 saturated heterocycles. The molecule has 1 aliphatic heterocycles. The van der Waals surface area contributed by atoms with Gasteiger partial charge in [0.25, 0.3) is 0 Å². The number of likely N-dealkylation sites (tertiary alicyclic amines) is 1. The molecule has 0 aliphatic carbocycles. The summed E-state index contributed by atoms with van der Waals surface area (Å²) in [6, 6.07) is 3.30. The smallest absolute Gasteiger partial charge is 0.497 e. The molecule has 0 atom stereocenters. The van der Waals surface area contributed by atoms with Crippen molar-refractivity contribution in [2.24, 2.45) is 0 Å². The molecule has 6 nitrogen and oxygen atoms in total. The van der Waals surface area contributed by atoms with Gasteiger partial charge in [0, 0.05) is 5.75 Å². The van der Waals surface area contributed by atoms with E-state index in [1.54, 1.807) is 29.4 Å². The van der Waals surface area contributed by atoms with Gasteiger partial charge in [-0.1, -0.05) is 6.07 Å². The van der Waals surface area contributed by atoms with Crippen molar-refractivity contribution in [1.29, 1.82) is 0 Å². The second kappa shape index (κ2) is 6.32. The summed E-state index contributed by atoms with van der Waals surface area (Å²) in [6.45, 7) is 1.51. The van der Waals surface area contributed by atoms with Gasteiger partial charge in [0.15, 0.2) is 0 Å². The summed E-state index contributed by atoms with van der Waals surface area (Å²) in [6.07, 6.45) is 6.55. The minimum absolute atomic E-state index is 0.100. The summed E-state index contributed by atoms with van der Waals surface area (Å²) in [4.78, 5) is 14.1. The molecule has 2 rings (SSSR count). The molecule has 1 aliphatic rings. The van der Waals surface area contributed by atoms with E-state index in [0.717, 1.165) is 32.4 Å². The maximum atomic E-state index is 12.3. The van der Waals surface area contributed by atoms with Crippen molar-refractivity contribution in [3.63, 3.8) is 0 Å². The maximum Gasteiger partial charge on any atom is 0.497 e. The van der Waals surface area contributed by atoms with Crippen LogP contribution < -0.4 is 4.57 Å². The van der Waals surface area contributed by atoms with Crippen LogP contribution in [0.2, 0.25) is 0 Å². The van der Waals surface area contributed by atoms with Crippen molar-refractivity contribution < 1.29 is 22.3 Å². The highest BCUT2D eigenvalue weighted by Gasteiger charge is 2.26. The summed E-state index contributed by atoms with van der Waals surface area (Å²) in [5.74, 6) is -0.449. The minimum Gasteiger partial charge on any atom is -0.748 e. The first-order valence-electron chi connectivity index (χ1n) is 6.69. The minimum atomic E-state index is -4.23. The number of hydrogen-bond donors (Lipinski definition) is 0. The van der Waals surface area contributed by atoms with Gasteiger partial charge in [0.05, 0.1) is 29.4 Å². The lowest BCUT2D eigenvalue weighted by atomic mass is 10.1. The fourth-order valence-electron chi connectivity index (χ4n) is 2.28. The molecular formula is C13H18N2O4S. The van der Waals surface area contributed by atoms with E-state index in [1.165, 1.54) is 4.57 Å². The third-order valence-electron chi connectivity index (χ3n) is 3.35. The standard InChI is InChI=1S/C13H18N2O4S/c16-13(14-7-2-1-3-8-14)15-9-4-5-12(11-15)6-10-20(17,18)19/h4-5,9,11H,1-3,6-8,10H2. The Labute approximate surface area is 118 Å². The van der Waals surface area contributed by atoms with Crippen LogP contribution in [-0.2, 0) is 16.5 Å². The van der Waals surface area contributed by atoms with Gasteiger partial charge in [-0.3, -0.25) is 0 Å². The number of carbonyl (C=O) groups excluding carboxylic acids is 1. The molecule has 0 radical (unpaired) electrons. The lowest BCUT2D eigenvalue weighted by molar-refractivity contribution is -0.579. The van der Waals surface area contributed by atoms with Crippen LogP contribution in [0.3, 0.4) is 0 Å². The second-order valence-corrected chi connectivity index (χ2v) is 6.49. The molecule has 0 spiro atoms. The second-order valence-electron chi connectivity index (χ2n) is 4.96. The Bertz CT molecular complexity index is 580. The SMILES string of the molecule is O=C(N1CCCCC1)[n+]1cccc(CCS(=O)(=O)[O-])c1. The number of aryl methyl sites for hydroxylation is 1. The number of pyridine rings is 1. The quantitative estimate of drug-likeness (QED) is 0.601. The van der Waals surface area contributed by atoms with Crippen LogP contribution in [-0.4, -0.2) is 42.7 Å². The molecule has 7 heteroatoms. The lowest BCUT2D eigenvalue weighted by Gasteiger charge is -2.19. The molecule has 0 N–H and O–H groups in total. The molecule has 20 heavy (non-hydrogen) atoms. The third kappa shape index (κ3) is 4.28. The molecule has 110 valence electrons. The van der Waals surface area contributed by atoms with Crippen molar-refractivity contribution in [2.45, 2.75) is 25.7 Å². The van der Waals surface area contributed by atoms with Crippen molar-refractivity contribution in [1.82, 2.24) is 4.90 Å². The first kappa shape index (κ1) is 14.9. The van der Waals surface area contributed by atoms with Crippen molar-refractivity contribution in [3.8, 4) is 0 Å².